The molecule has 4 heterocycles. The molecule has 12 heteroatoms. The highest BCUT2D eigenvalue weighted by molar-refractivity contribution is 8.27. The van der Waals surface area contributed by atoms with Gasteiger partial charge in [-0.3, -0.25) is 33.4 Å². The third-order valence-electron chi connectivity index (χ3n) is 9.32. The first-order valence-electron chi connectivity index (χ1n) is 16.5. The first-order chi connectivity index (χ1) is 23.7. The molecule has 0 atom stereocenters. The molecule has 0 saturated carbocycles. The summed E-state index contributed by atoms with van der Waals surface area (Å²) in [6.07, 6.45) is 3.39. The van der Waals surface area contributed by atoms with Crippen molar-refractivity contribution < 1.29 is 4.79 Å². The fourth-order valence-electron chi connectivity index (χ4n) is 6.57. The van der Waals surface area contributed by atoms with Crippen LogP contribution in [0.25, 0.3) is 11.8 Å². The number of benzene rings is 2. The van der Waals surface area contributed by atoms with E-state index in [1.807, 2.05) is 48.5 Å². The van der Waals surface area contributed by atoms with Gasteiger partial charge in [0.05, 0.1) is 16.3 Å². The van der Waals surface area contributed by atoms with Gasteiger partial charge in [0, 0.05) is 51.9 Å². The van der Waals surface area contributed by atoms with Gasteiger partial charge in [0.15, 0.2) is 4.32 Å². The van der Waals surface area contributed by atoms with Crippen LogP contribution in [0.2, 0.25) is 0 Å². The summed E-state index contributed by atoms with van der Waals surface area (Å²) < 4.78 is 5.21. The van der Waals surface area contributed by atoms with Gasteiger partial charge in [-0.2, -0.15) is 5.26 Å². The first kappa shape index (κ1) is 34.2. The molecule has 1 amide bonds. The Labute approximate surface area is 295 Å². The molecule has 2 aromatic carbocycles. The predicted octanol–water partition coefficient (Wildman–Crippen LogP) is 5.35. The van der Waals surface area contributed by atoms with Gasteiger partial charge in [0.2, 0.25) is 0 Å². The SMILES string of the molecule is CCCCn1c(N2CCN(Cc3ccccc3)CC2)c(/C=C2\SC(=S)N(c3c(C)n(C)n(-c4ccccc4)c3=O)C2=O)c(C)c(C#N)c1=O. The molecule has 6 rings (SSSR count). The van der Waals surface area contributed by atoms with Gasteiger partial charge in [0.25, 0.3) is 17.0 Å². The van der Waals surface area contributed by atoms with E-state index in [1.165, 1.54) is 15.1 Å². The van der Waals surface area contributed by atoms with Crippen molar-refractivity contribution in [2.24, 2.45) is 7.05 Å². The summed E-state index contributed by atoms with van der Waals surface area (Å²) in [4.78, 5) is 48.1. The molecule has 10 nitrogen and oxygen atoms in total. The highest BCUT2D eigenvalue weighted by atomic mass is 32.2. The van der Waals surface area contributed by atoms with Crippen LogP contribution < -0.4 is 20.9 Å². The van der Waals surface area contributed by atoms with E-state index in [2.05, 4.69) is 34.9 Å². The van der Waals surface area contributed by atoms with Crippen LogP contribution in [0.3, 0.4) is 0 Å². The maximum absolute atomic E-state index is 14.2. The van der Waals surface area contributed by atoms with Gasteiger partial charge in [-0.05, 0) is 49.6 Å². The molecule has 252 valence electrons. The average molecular weight is 694 g/mol. The number of hydrogen-bond acceptors (Lipinski definition) is 8. The van der Waals surface area contributed by atoms with Crippen molar-refractivity contribution in [2.45, 2.75) is 46.7 Å². The van der Waals surface area contributed by atoms with Crippen molar-refractivity contribution in [3.63, 3.8) is 0 Å². The summed E-state index contributed by atoms with van der Waals surface area (Å²) in [6.45, 7) is 9.85. The molecule has 0 spiro atoms. The molecule has 49 heavy (non-hydrogen) atoms. The Bertz CT molecular complexity index is 2100. The highest BCUT2D eigenvalue weighted by Gasteiger charge is 2.38. The largest absolute Gasteiger partial charge is 0.355 e. The number of para-hydroxylation sites is 1. The molecule has 0 unspecified atom stereocenters. The molecule has 0 N–H and O–H groups in total. The van der Waals surface area contributed by atoms with E-state index in [1.54, 1.807) is 36.2 Å². The van der Waals surface area contributed by atoms with Crippen molar-refractivity contribution in [2.75, 3.05) is 36.0 Å². The van der Waals surface area contributed by atoms with Crippen molar-refractivity contribution in [1.82, 2.24) is 18.8 Å². The normalized spacial score (nSPS) is 16.2. The number of carbonyl (C=O) groups is 1. The Balaban J connectivity index is 1.41. The second-order valence-electron chi connectivity index (χ2n) is 12.3. The molecule has 0 aliphatic carbocycles. The first-order valence-corrected chi connectivity index (χ1v) is 17.7. The van der Waals surface area contributed by atoms with Crippen LogP contribution in [-0.2, 0) is 24.9 Å². The number of nitriles is 1. The second kappa shape index (κ2) is 14.4. The smallest absolute Gasteiger partial charge is 0.296 e. The number of thiocarbonyl (C=S) groups is 1. The fourth-order valence-corrected chi connectivity index (χ4v) is 7.82. The van der Waals surface area contributed by atoms with E-state index < -0.39 is 5.91 Å². The number of thioether (sulfide) groups is 1. The average Bonchev–Trinajstić information content (AvgIpc) is 3.50. The van der Waals surface area contributed by atoms with Gasteiger partial charge < -0.3 is 4.90 Å². The number of carbonyl (C=O) groups excluding carboxylic acids is 1. The van der Waals surface area contributed by atoms with Crippen molar-refractivity contribution in [1.29, 1.82) is 5.26 Å². The molecule has 4 aromatic rings. The Morgan fingerprint density at radius 3 is 2.22 bits per heavy atom. The van der Waals surface area contributed by atoms with Gasteiger partial charge >= 0.3 is 0 Å². The van der Waals surface area contributed by atoms with E-state index in [-0.39, 0.29) is 26.7 Å². The Kier molecular flexibility index (Phi) is 10.1. The van der Waals surface area contributed by atoms with E-state index in [4.69, 9.17) is 12.2 Å². The summed E-state index contributed by atoms with van der Waals surface area (Å²) in [5.41, 5.74) is 3.28. The number of unbranched alkanes of at least 4 members (excludes halogenated alkanes) is 1. The van der Waals surface area contributed by atoms with E-state index in [0.29, 0.717) is 52.9 Å². The number of amides is 1. The van der Waals surface area contributed by atoms with Crippen LogP contribution >= 0.6 is 24.0 Å². The maximum Gasteiger partial charge on any atom is 0.296 e. The summed E-state index contributed by atoms with van der Waals surface area (Å²) in [5, 5.41) is 10.1. The minimum Gasteiger partial charge on any atom is -0.355 e. The summed E-state index contributed by atoms with van der Waals surface area (Å²) in [7, 11) is 1.78. The number of anilines is 2. The minimum absolute atomic E-state index is 0.0638. The lowest BCUT2D eigenvalue weighted by molar-refractivity contribution is -0.113. The maximum atomic E-state index is 14.2. The van der Waals surface area contributed by atoms with Crippen LogP contribution in [0, 0.1) is 25.2 Å². The summed E-state index contributed by atoms with van der Waals surface area (Å²) >= 11 is 6.86. The Hall–Kier alpha value is -4.70. The van der Waals surface area contributed by atoms with Crippen LogP contribution in [0.4, 0.5) is 11.5 Å². The number of piperazine rings is 1. The lowest BCUT2D eigenvalue weighted by atomic mass is 10.0. The van der Waals surface area contributed by atoms with Gasteiger partial charge in [0.1, 0.15) is 23.1 Å². The quantitative estimate of drug-likeness (QED) is 0.171. The molecular weight excluding hydrogens is 655 g/mol. The second-order valence-corrected chi connectivity index (χ2v) is 14.0. The van der Waals surface area contributed by atoms with Crippen molar-refractivity contribution in [3.05, 3.63) is 114 Å². The Morgan fingerprint density at radius 2 is 1.59 bits per heavy atom. The summed E-state index contributed by atoms with van der Waals surface area (Å²) in [6, 6.07) is 21.7. The zero-order valence-electron chi connectivity index (χ0n) is 28.2. The van der Waals surface area contributed by atoms with Gasteiger partial charge in [-0.25, -0.2) is 4.68 Å². The monoisotopic (exact) mass is 693 g/mol. The third-order valence-corrected chi connectivity index (χ3v) is 10.6. The van der Waals surface area contributed by atoms with Gasteiger partial charge in [-0.1, -0.05) is 85.9 Å². The van der Waals surface area contributed by atoms with E-state index >= 15 is 0 Å². The molecule has 2 aromatic heterocycles. The fraction of sp³-hybridized carbons (Fsp3) is 0.324. The van der Waals surface area contributed by atoms with Crippen LogP contribution in [0.15, 0.2) is 75.2 Å². The molecular formula is C37H39N7O3S2. The molecule has 2 aliphatic heterocycles. The van der Waals surface area contributed by atoms with Gasteiger partial charge in [-0.15, -0.1) is 0 Å². The van der Waals surface area contributed by atoms with Crippen LogP contribution in [0.1, 0.15) is 47.7 Å². The standard InChI is InChI=1S/C37H39N7O3S2/c1-5-6-17-42-33(41-20-18-40(19-21-41)24-27-13-9-7-10-14-27)29(25(2)30(23-38)34(42)45)22-31-35(46)43(37(48)49-31)32-26(3)39(4)44(36(32)47)28-15-11-8-12-16-28/h7-16,22H,5-6,17-21,24H2,1-4H3/b31-22-. The van der Waals surface area contributed by atoms with Crippen molar-refractivity contribution >= 4 is 51.8 Å². The lowest BCUT2D eigenvalue weighted by Crippen LogP contribution is -2.48. The number of hydrogen-bond donors (Lipinski definition) is 0. The summed E-state index contributed by atoms with van der Waals surface area (Å²) in [5.74, 6) is 0.297. The van der Waals surface area contributed by atoms with E-state index in [9.17, 15) is 19.6 Å². The molecule has 2 aliphatic rings. The zero-order valence-corrected chi connectivity index (χ0v) is 29.8. The number of aromatic nitrogens is 3. The molecule has 0 radical (unpaired) electrons. The van der Waals surface area contributed by atoms with Crippen LogP contribution in [-0.4, -0.2) is 55.2 Å². The topological polar surface area (TPSA) is 99.5 Å². The Morgan fingerprint density at radius 1 is 0.939 bits per heavy atom. The molecule has 2 saturated heterocycles. The van der Waals surface area contributed by atoms with Crippen molar-refractivity contribution in [3.8, 4) is 11.8 Å². The molecule has 2 fully saturated rings. The molecule has 0 bridgehead atoms. The van der Waals surface area contributed by atoms with E-state index in [0.717, 1.165) is 44.2 Å². The third kappa shape index (κ3) is 6.41. The van der Waals surface area contributed by atoms with Crippen LogP contribution in [0.5, 0.6) is 0 Å². The predicted molar refractivity (Wildman–Crippen MR) is 200 cm³/mol. The lowest BCUT2D eigenvalue weighted by Gasteiger charge is -2.38. The number of pyridine rings is 1. The highest BCUT2D eigenvalue weighted by Crippen LogP contribution is 2.38. The number of nitrogens with zero attached hydrogens (tertiary/aromatic N) is 7. The number of rotatable bonds is 9. The minimum atomic E-state index is -0.413. The zero-order chi connectivity index (χ0) is 34.8.